The van der Waals surface area contributed by atoms with Crippen molar-refractivity contribution in [1.29, 1.82) is 0 Å². The number of hydrogen-bond donors (Lipinski definition) is 2. The summed E-state index contributed by atoms with van der Waals surface area (Å²) in [5.41, 5.74) is 0. The van der Waals surface area contributed by atoms with Crippen LogP contribution < -0.4 is 5.32 Å². The van der Waals surface area contributed by atoms with Gasteiger partial charge in [-0.15, -0.1) is 0 Å². The average Bonchev–Trinajstić information content (AvgIpc) is 2.10. The molecule has 0 aromatic rings. The second-order valence-corrected chi connectivity index (χ2v) is 2.07. The minimum Gasteiger partial charge on any atom is -0.391 e. The quantitative estimate of drug-likeness (QED) is 0.366. The number of alkyl carbamates (subject to hydrolysis) is 1. The minimum atomic E-state index is -0.904. The Labute approximate surface area is 57.0 Å². The van der Waals surface area contributed by atoms with E-state index in [2.05, 4.69) is 10.1 Å². The lowest BCUT2D eigenvalue weighted by atomic mass is 10.2. The summed E-state index contributed by atoms with van der Waals surface area (Å²) in [6.45, 7) is 1.40. The third-order valence-electron chi connectivity index (χ3n) is 1.20. The molecule has 2 atom stereocenters. The summed E-state index contributed by atoms with van der Waals surface area (Å²) in [6.07, 6.45) is -1.70. The Bertz CT molecular complexity index is 176. The van der Waals surface area contributed by atoms with Crippen LogP contribution in [0.2, 0.25) is 0 Å². The van der Waals surface area contributed by atoms with Crippen LogP contribution in [0.15, 0.2) is 0 Å². The number of nitrogens with one attached hydrogen (secondary N) is 1. The molecule has 0 aliphatic carbocycles. The lowest BCUT2D eigenvalue weighted by Gasteiger charge is -2.06. The van der Waals surface area contributed by atoms with E-state index in [0.29, 0.717) is 0 Å². The predicted octanol–water partition coefficient (Wildman–Crippen LogP) is -0.998. The number of cyclic esters (lactones) is 2. The van der Waals surface area contributed by atoms with Gasteiger partial charge in [0.15, 0.2) is 6.04 Å². The first-order chi connectivity index (χ1) is 4.61. The van der Waals surface area contributed by atoms with Crippen LogP contribution in [0, 0.1) is 0 Å². The third kappa shape index (κ3) is 1.08. The molecule has 1 amide bonds. The van der Waals surface area contributed by atoms with Crippen LogP contribution in [0.3, 0.4) is 0 Å². The van der Waals surface area contributed by atoms with Gasteiger partial charge in [0.25, 0.3) is 0 Å². The Hall–Kier alpha value is -1.10. The maximum absolute atomic E-state index is 10.6. The van der Waals surface area contributed by atoms with E-state index >= 15 is 0 Å². The van der Waals surface area contributed by atoms with Crippen molar-refractivity contribution in [2.45, 2.75) is 19.1 Å². The second kappa shape index (κ2) is 2.26. The molecular weight excluding hydrogens is 138 g/mol. The van der Waals surface area contributed by atoms with Crippen LogP contribution in [-0.4, -0.2) is 29.3 Å². The van der Waals surface area contributed by atoms with Gasteiger partial charge in [-0.25, -0.2) is 9.59 Å². The zero-order chi connectivity index (χ0) is 7.72. The number of esters is 1. The van der Waals surface area contributed by atoms with Gasteiger partial charge in [0.2, 0.25) is 0 Å². The Morgan fingerprint density at radius 1 is 1.70 bits per heavy atom. The first kappa shape index (κ1) is 7.01. The normalized spacial score (nSPS) is 27.6. The van der Waals surface area contributed by atoms with E-state index in [0.717, 1.165) is 0 Å². The number of hydrogen-bond acceptors (Lipinski definition) is 4. The highest BCUT2D eigenvalue weighted by molar-refractivity contribution is 5.95. The molecule has 0 radical (unpaired) electrons. The molecule has 5 nitrogen and oxygen atoms in total. The van der Waals surface area contributed by atoms with Crippen LogP contribution in [0.5, 0.6) is 0 Å². The van der Waals surface area contributed by atoms with Gasteiger partial charge in [-0.1, -0.05) is 0 Å². The number of rotatable bonds is 1. The Morgan fingerprint density at radius 2 is 2.30 bits per heavy atom. The minimum absolute atomic E-state index is 0.722. The summed E-state index contributed by atoms with van der Waals surface area (Å²) in [5.74, 6) is -0.722. The fourth-order valence-corrected chi connectivity index (χ4v) is 0.688. The molecule has 0 bridgehead atoms. The first-order valence-electron chi connectivity index (χ1n) is 2.81. The largest absolute Gasteiger partial charge is 0.415 e. The van der Waals surface area contributed by atoms with Crippen molar-refractivity contribution >= 4 is 12.1 Å². The van der Waals surface area contributed by atoms with E-state index in [-0.39, 0.29) is 0 Å². The van der Waals surface area contributed by atoms with Gasteiger partial charge in [0.1, 0.15) is 0 Å². The first-order valence-corrected chi connectivity index (χ1v) is 2.81. The van der Waals surface area contributed by atoms with Crippen LogP contribution in [0.4, 0.5) is 4.79 Å². The number of aliphatic hydroxyl groups excluding tert-OH is 1. The van der Waals surface area contributed by atoms with Crippen LogP contribution >= 0.6 is 0 Å². The summed E-state index contributed by atoms with van der Waals surface area (Å²) in [7, 11) is 0. The van der Waals surface area contributed by atoms with Gasteiger partial charge in [-0.3, -0.25) is 0 Å². The molecule has 10 heavy (non-hydrogen) atoms. The number of carbonyl (C=O) groups excluding carboxylic acids is 2. The smallest absolute Gasteiger partial charge is 0.391 e. The number of ether oxygens (including phenoxy) is 1. The van der Waals surface area contributed by atoms with Gasteiger partial charge in [-0.05, 0) is 6.92 Å². The van der Waals surface area contributed by atoms with Crippen LogP contribution in [0.25, 0.3) is 0 Å². The fraction of sp³-hybridized carbons (Fsp3) is 0.600. The van der Waals surface area contributed by atoms with Crippen molar-refractivity contribution in [3.63, 3.8) is 0 Å². The molecule has 0 spiro atoms. The summed E-state index contributed by atoms with van der Waals surface area (Å²) < 4.78 is 4.09. The average molecular weight is 145 g/mol. The van der Waals surface area contributed by atoms with Gasteiger partial charge in [-0.2, -0.15) is 0 Å². The zero-order valence-corrected chi connectivity index (χ0v) is 5.33. The lowest BCUT2D eigenvalue weighted by Crippen LogP contribution is -2.38. The Morgan fingerprint density at radius 3 is 2.50 bits per heavy atom. The SMILES string of the molecule is CC(O)C1NC(=O)OC1=O. The molecule has 1 saturated heterocycles. The molecule has 56 valence electrons. The summed E-state index contributed by atoms with van der Waals surface area (Å²) in [6, 6.07) is -0.896. The molecule has 1 aliphatic rings. The maximum Gasteiger partial charge on any atom is 0.415 e. The van der Waals surface area contributed by atoms with Gasteiger partial charge in [0.05, 0.1) is 6.10 Å². The van der Waals surface area contributed by atoms with E-state index in [1.165, 1.54) is 6.92 Å². The number of amides is 1. The molecule has 5 heteroatoms. The van der Waals surface area contributed by atoms with Gasteiger partial charge in [0, 0.05) is 0 Å². The molecule has 2 N–H and O–H groups in total. The fourth-order valence-electron chi connectivity index (χ4n) is 0.688. The molecule has 2 unspecified atom stereocenters. The molecule has 1 fully saturated rings. The highest BCUT2D eigenvalue weighted by Crippen LogP contribution is 2.03. The van der Waals surface area contributed by atoms with Crippen molar-refractivity contribution in [3.05, 3.63) is 0 Å². The molecule has 0 aromatic carbocycles. The van der Waals surface area contributed by atoms with Crippen molar-refractivity contribution in [1.82, 2.24) is 5.32 Å². The molecule has 0 aromatic heterocycles. The van der Waals surface area contributed by atoms with Crippen molar-refractivity contribution in [2.75, 3.05) is 0 Å². The van der Waals surface area contributed by atoms with E-state index in [1.54, 1.807) is 0 Å². The molecule has 1 rings (SSSR count). The zero-order valence-electron chi connectivity index (χ0n) is 5.33. The molecule has 0 saturated carbocycles. The maximum atomic E-state index is 10.6. The molecule has 1 heterocycles. The van der Waals surface area contributed by atoms with Crippen LogP contribution in [0.1, 0.15) is 6.92 Å². The number of aliphatic hydroxyl groups is 1. The lowest BCUT2D eigenvalue weighted by molar-refractivity contribution is -0.137. The monoisotopic (exact) mass is 145 g/mol. The topological polar surface area (TPSA) is 75.6 Å². The highest BCUT2D eigenvalue weighted by atomic mass is 16.6. The van der Waals surface area contributed by atoms with Crippen molar-refractivity contribution < 1.29 is 19.4 Å². The van der Waals surface area contributed by atoms with E-state index in [1.807, 2.05) is 0 Å². The highest BCUT2D eigenvalue weighted by Gasteiger charge is 2.35. The van der Waals surface area contributed by atoms with Crippen molar-refractivity contribution in [3.8, 4) is 0 Å². The Balaban J connectivity index is 2.63. The van der Waals surface area contributed by atoms with Crippen molar-refractivity contribution in [2.24, 2.45) is 0 Å². The van der Waals surface area contributed by atoms with Gasteiger partial charge >= 0.3 is 12.1 Å². The summed E-state index contributed by atoms with van der Waals surface area (Å²) >= 11 is 0. The Kier molecular flexibility index (Phi) is 1.58. The summed E-state index contributed by atoms with van der Waals surface area (Å²) in [4.78, 5) is 20.9. The number of carbonyl (C=O) groups is 2. The van der Waals surface area contributed by atoms with Crippen LogP contribution in [-0.2, 0) is 9.53 Å². The van der Waals surface area contributed by atoms with Gasteiger partial charge < -0.3 is 15.2 Å². The predicted molar refractivity (Wildman–Crippen MR) is 30.1 cm³/mol. The molecule has 1 aliphatic heterocycles. The standard InChI is InChI=1S/C5H7NO4/c1-2(7)3-4(8)10-5(9)6-3/h2-3,7H,1H3,(H,6,9). The second-order valence-electron chi connectivity index (χ2n) is 2.07. The van der Waals surface area contributed by atoms with E-state index in [4.69, 9.17) is 5.11 Å². The van der Waals surface area contributed by atoms with E-state index in [9.17, 15) is 9.59 Å². The summed E-state index contributed by atoms with van der Waals surface area (Å²) in [5, 5.41) is 11.0. The molecular formula is C5H7NO4. The van der Waals surface area contributed by atoms with E-state index < -0.39 is 24.2 Å². The third-order valence-corrected chi connectivity index (χ3v) is 1.20.